The Hall–Kier alpha value is -5.08. The summed E-state index contributed by atoms with van der Waals surface area (Å²) in [6.07, 6.45) is 3.79. The van der Waals surface area contributed by atoms with Gasteiger partial charge >= 0.3 is 343 Å². The van der Waals surface area contributed by atoms with E-state index in [9.17, 15) is 4.79 Å². The minimum atomic E-state index is -2.25. The predicted octanol–water partition coefficient (Wildman–Crippen LogP) is 13.0. The molecule has 0 radical (unpaired) electrons. The van der Waals surface area contributed by atoms with Gasteiger partial charge in [-0.3, -0.25) is 0 Å². The SMILES string of the molecule is C=C(C)C(=O)OC1CCCCC1Nc1ccc(I(c2ccc(N(CC)c3ccc(C)cc3)cc2)c2ccc(N(CC)c3ccc(C)cc3)cc2)c2ccccc12. The molecule has 6 aromatic rings. The summed E-state index contributed by atoms with van der Waals surface area (Å²) in [7, 11) is 0. The van der Waals surface area contributed by atoms with Crippen LogP contribution >= 0.6 is 19.8 Å². The third kappa shape index (κ3) is 8.66. The molecule has 0 heterocycles. The normalized spacial score (nSPS) is 15.6. The number of fused-ring (bicyclic) bond motifs is 1. The average Bonchev–Trinajstić information content (AvgIpc) is 3.22. The summed E-state index contributed by atoms with van der Waals surface area (Å²) in [5, 5.41) is 6.32. The van der Waals surface area contributed by atoms with Crippen molar-refractivity contribution < 1.29 is 9.53 Å². The minimum absolute atomic E-state index is 0.0427. The van der Waals surface area contributed by atoms with Crippen molar-refractivity contribution in [2.24, 2.45) is 0 Å². The summed E-state index contributed by atoms with van der Waals surface area (Å²) in [5.41, 5.74) is 8.85. The molecule has 56 heavy (non-hydrogen) atoms. The summed E-state index contributed by atoms with van der Waals surface area (Å²) in [6, 6.07) is 49.8. The maximum absolute atomic E-state index is 12.6. The van der Waals surface area contributed by atoms with Crippen LogP contribution in [0.1, 0.15) is 57.6 Å². The fourth-order valence-electron chi connectivity index (χ4n) is 7.73. The van der Waals surface area contributed by atoms with Crippen molar-refractivity contribution in [3.05, 3.63) is 167 Å². The molecule has 5 nitrogen and oxygen atoms in total. The fourth-order valence-corrected chi connectivity index (χ4v) is 13.5. The van der Waals surface area contributed by atoms with E-state index in [1.165, 1.54) is 55.4 Å². The van der Waals surface area contributed by atoms with Gasteiger partial charge in [-0.2, -0.15) is 0 Å². The van der Waals surface area contributed by atoms with Crippen molar-refractivity contribution in [1.29, 1.82) is 0 Å². The monoisotopic (exact) mass is 855 g/mol. The zero-order chi connectivity index (χ0) is 39.2. The molecule has 0 aromatic heterocycles. The van der Waals surface area contributed by atoms with E-state index in [2.05, 4.69) is 183 Å². The number of anilines is 5. The van der Waals surface area contributed by atoms with Crippen LogP contribution in [-0.2, 0) is 9.53 Å². The van der Waals surface area contributed by atoms with Crippen molar-refractivity contribution in [3.63, 3.8) is 0 Å². The Labute approximate surface area is 340 Å². The van der Waals surface area contributed by atoms with E-state index in [-0.39, 0.29) is 18.1 Å². The Kier molecular flexibility index (Phi) is 12.5. The number of nitrogens with one attached hydrogen (secondary N) is 1. The molecule has 0 saturated heterocycles. The van der Waals surface area contributed by atoms with Gasteiger partial charge in [0.05, 0.1) is 0 Å². The first-order chi connectivity index (χ1) is 27.2. The zero-order valence-corrected chi connectivity index (χ0v) is 35.6. The van der Waals surface area contributed by atoms with Gasteiger partial charge in [-0.15, -0.1) is 0 Å². The van der Waals surface area contributed by atoms with Crippen LogP contribution in [0.2, 0.25) is 0 Å². The van der Waals surface area contributed by atoms with Crippen molar-refractivity contribution in [3.8, 4) is 0 Å². The standard InChI is InChI=1S/C50H54IN3O2/c1-7-53(40-25-17-36(5)18-26-40)42-29-21-38(22-30-42)51(39-23-31-43(32-24-39)54(8-2)41-27-19-37(6)20-28-41)46-33-34-47(45-14-10-9-13-44(45)46)52-48-15-11-12-16-49(48)56-50(55)35(3)4/h9-10,13-14,17-34,48-49,52H,3,7-8,11-12,15-16H2,1-2,4-6H3. The van der Waals surface area contributed by atoms with Gasteiger partial charge in [-0.1, -0.05) is 0 Å². The topological polar surface area (TPSA) is 44.8 Å². The molecule has 6 heteroatoms. The van der Waals surface area contributed by atoms with Crippen LogP contribution in [0.4, 0.5) is 28.4 Å². The molecule has 0 spiro atoms. The Bertz CT molecular complexity index is 2170. The quantitative estimate of drug-likeness (QED) is 0.0712. The number of rotatable bonds is 13. The van der Waals surface area contributed by atoms with Crippen molar-refractivity contribution in [2.45, 2.75) is 72.4 Å². The Morgan fingerprint density at radius 3 is 1.61 bits per heavy atom. The Balaban J connectivity index is 1.28. The summed E-state index contributed by atoms with van der Waals surface area (Å²) >= 11 is -2.25. The summed E-state index contributed by atoms with van der Waals surface area (Å²) < 4.78 is 10.1. The van der Waals surface area contributed by atoms with Crippen molar-refractivity contribution in [1.82, 2.24) is 0 Å². The summed E-state index contributed by atoms with van der Waals surface area (Å²) in [6.45, 7) is 16.0. The molecule has 1 aliphatic rings. The number of carbonyl (C=O) groups is 1. The number of halogens is 1. The molecule has 1 aliphatic carbocycles. The first-order valence-electron chi connectivity index (χ1n) is 20.0. The molecule has 7 rings (SSSR count). The maximum atomic E-state index is 12.6. The van der Waals surface area contributed by atoms with Gasteiger partial charge in [0.1, 0.15) is 0 Å². The van der Waals surface area contributed by atoms with Gasteiger partial charge in [0.15, 0.2) is 0 Å². The van der Waals surface area contributed by atoms with Gasteiger partial charge in [0, 0.05) is 0 Å². The van der Waals surface area contributed by atoms with Crippen molar-refractivity contribution >= 4 is 65.0 Å². The van der Waals surface area contributed by atoms with E-state index in [0.717, 1.165) is 44.5 Å². The average molecular weight is 856 g/mol. The van der Waals surface area contributed by atoms with Crippen LogP contribution in [0.15, 0.2) is 146 Å². The second-order valence-corrected chi connectivity index (χ2v) is 20.1. The molecule has 2 atom stereocenters. The van der Waals surface area contributed by atoms with Crippen LogP contribution in [-0.4, -0.2) is 31.2 Å². The molecule has 2 unspecified atom stereocenters. The van der Waals surface area contributed by atoms with Gasteiger partial charge in [-0.25, -0.2) is 0 Å². The molecular weight excluding hydrogens is 801 g/mol. The van der Waals surface area contributed by atoms with Gasteiger partial charge < -0.3 is 0 Å². The summed E-state index contributed by atoms with van der Waals surface area (Å²) in [4.78, 5) is 17.3. The second-order valence-electron chi connectivity index (χ2n) is 14.8. The molecule has 0 aliphatic heterocycles. The number of carbonyl (C=O) groups excluding carboxylic acids is 1. The van der Waals surface area contributed by atoms with E-state index < -0.39 is 19.8 Å². The number of hydrogen-bond donors (Lipinski definition) is 1. The fraction of sp³-hybridized carbons (Fsp3) is 0.260. The van der Waals surface area contributed by atoms with E-state index in [0.29, 0.717) is 5.57 Å². The number of benzene rings is 6. The number of hydrogen-bond acceptors (Lipinski definition) is 5. The molecule has 0 amide bonds. The van der Waals surface area contributed by atoms with Crippen LogP contribution in [0.3, 0.4) is 0 Å². The van der Waals surface area contributed by atoms with E-state index in [1.807, 2.05) is 0 Å². The first kappa shape index (κ1) is 39.2. The first-order valence-corrected chi connectivity index (χ1v) is 23.2. The third-order valence-corrected chi connectivity index (χ3v) is 16.8. The van der Waals surface area contributed by atoms with Crippen LogP contribution < -0.4 is 15.1 Å². The second kappa shape index (κ2) is 17.8. The van der Waals surface area contributed by atoms with E-state index >= 15 is 0 Å². The molecule has 0 bridgehead atoms. The van der Waals surface area contributed by atoms with Gasteiger partial charge in [-0.05, 0) is 0 Å². The van der Waals surface area contributed by atoms with Gasteiger partial charge in [0.25, 0.3) is 0 Å². The molecular formula is C50H54IN3O2. The number of esters is 1. The van der Waals surface area contributed by atoms with Gasteiger partial charge in [0.2, 0.25) is 0 Å². The summed E-state index contributed by atoms with van der Waals surface area (Å²) in [5.74, 6) is -0.308. The molecule has 288 valence electrons. The third-order valence-electron chi connectivity index (χ3n) is 10.8. The Morgan fingerprint density at radius 1 is 0.661 bits per heavy atom. The predicted molar refractivity (Wildman–Crippen MR) is 245 cm³/mol. The number of ether oxygens (including phenoxy) is 1. The molecule has 1 N–H and O–H groups in total. The van der Waals surface area contributed by atoms with Crippen LogP contribution in [0.5, 0.6) is 0 Å². The van der Waals surface area contributed by atoms with Crippen LogP contribution in [0, 0.1) is 24.6 Å². The van der Waals surface area contributed by atoms with E-state index in [1.54, 1.807) is 6.92 Å². The number of nitrogens with zero attached hydrogens (tertiary/aromatic N) is 2. The zero-order valence-electron chi connectivity index (χ0n) is 33.4. The number of aryl methyl sites for hydroxylation is 2. The molecule has 6 aromatic carbocycles. The van der Waals surface area contributed by atoms with E-state index in [4.69, 9.17) is 4.74 Å². The van der Waals surface area contributed by atoms with Crippen molar-refractivity contribution in [2.75, 3.05) is 28.2 Å². The Morgan fingerprint density at radius 2 is 1.12 bits per heavy atom. The van der Waals surface area contributed by atoms with Crippen LogP contribution in [0.25, 0.3) is 10.8 Å². The molecule has 1 saturated carbocycles. The molecule has 1 fully saturated rings.